The number of methoxy groups -OCH3 is 1. The van der Waals surface area contributed by atoms with Gasteiger partial charge in [0, 0.05) is 13.7 Å². The van der Waals surface area contributed by atoms with Gasteiger partial charge in [-0.05, 0) is 19.9 Å². The predicted octanol–water partition coefficient (Wildman–Crippen LogP) is -0.321. The second-order valence-corrected chi connectivity index (χ2v) is 3.76. The van der Waals surface area contributed by atoms with Crippen LogP contribution in [0.25, 0.3) is 0 Å². The van der Waals surface area contributed by atoms with Crippen LogP contribution in [0, 0.1) is 0 Å². The average molecular weight is 217 g/mol. The fraction of sp³-hybridized carbons (Fsp3) is 0.900. The lowest BCUT2D eigenvalue weighted by atomic mass is 9.86. The van der Waals surface area contributed by atoms with Crippen molar-refractivity contribution in [3.63, 3.8) is 0 Å². The standard InChI is InChI=1S/C10H19NO4/c1-3-15-9(12)6-10(13)4-5-11-7-8(10)14-2/h8,11,13H,3-7H2,1-2H3. The van der Waals surface area contributed by atoms with Crippen molar-refractivity contribution in [3.05, 3.63) is 0 Å². The van der Waals surface area contributed by atoms with Gasteiger partial charge in [0.25, 0.3) is 0 Å². The topological polar surface area (TPSA) is 67.8 Å². The van der Waals surface area contributed by atoms with Crippen LogP contribution in [0.4, 0.5) is 0 Å². The molecule has 0 spiro atoms. The van der Waals surface area contributed by atoms with Crippen LogP contribution in [0.2, 0.25) is 0 Å². The fourth-order valence-corrected chi connectivity index (χ4v) is 1.86. The molecule has 0 aromatic carbocycles. The number of nitrogens with one attached hydrogen (secondary N) is 1. The summed E-state index contributed by atoms with van der Waals surface area (Å²) in [5.41, 5.74) is -1.09. The van der Waals surface area contributed by atoms with E-state index < -0.39 is 5.60 Å². The third-order valence-corrected chi connectivity index (χ3v) is 2.70. The van der Waals surface area contributed by atoms with E-state index >= 15 is 0 Å². The molecule has 5 heteroatoms. The number of hydrogen-bond donors (Lipinski definition) is 2. The Morgan fingerprint density at radius 2 is 2.40 bits per heavy atom. The minimum atomic E-state index is -1.09. The van der Waals surface area contributed by atoms with Crippen molar-refractivity contribution in [2.24, 2.45) is 0 Å². The van der Waals surface area contributed by atoms with Gasteiger partial charge in [-0.25, -0.2) is 0 Å². The minimum absolute atomic E-state index is 0.00102. The molecule has 88 valence electrons. The summed E-state index contributed by atoms with van der Waals surface area (Å²) in [4.78, 5) is 11.3. The zero-order chi connectivity index (χ0) is 11.3. The molecular weight excluding hydrogens is 198 g/mol. The molecule has 2 atom stereocenters. The van der Waals surface area contributed by atoms with E-state index in [-0.39, 0.29) is 18.5 Å². The first kappa shape index (κ1) is 12.4. The normalized spacial score (nSPS) is 31.3. The van der Waals surface area contributed by atoms with Gasteiger partial charge in [0.1, 0.15) is 5.60 Å². The molecule has 0 aromatic heterocycles. The van der Waals surface area contributed by atoms with Gasteiger partial charge in [0.05, 0.1) is 19.1 Å². The zero-order valence-corrected chi connectivity index (χ0v) is 9.28. The van der Waals surface area contributed by atoms with Crippen LogP contribution in [0.3, 0.4) is 0 Å². The third-order valence-electron chi connectivity index (χ3n) is 2.70. The Bertz CT molecular complexity index is 221. The molecule has 1 aliphatic rings. The van der Waals surface area contributed by atoms with Gasteiger partial charge >= 0.3 is 5.97 Å². The predicted molar refractivity (Wildman–Crippen MR) is 54.5 cm³/mol. The summed E-state index contributed by atoms with van der Waals surface area (Å²) >= 11 is 0. The van der Waals surface area contributed by atoms with Crippen molar-refractivity contribution in [2.45, 2.75) is 31.5 Å². The maximum atomic E-state index is 11.3. The van der Waals surface area contributed by atoms with E-state index in [0.29, 0.717) is 26.1 Å². The summed E-state index contributed by atoms with van der Waals surface area (Å²) in [6, 6.07) is 0. The highest BCUT2D eigenvalue weighted by atomic mass is 16.5. The van der Waals surface area contributed by atoms with Crippen molar-refractivity contribution in [1.29, 1.82) is 0 Å². The van der Waals surface area contributed by atoms with Gasteiger partial charge in [-0.1, -0.05) is 0 Å². The Kier molecular flexibility index (Phi) is 4.50. The van der Waals surface area contributed by atoms with Gasteiger partial charge in [0.2, 0.25) is 0 Å². The molecule has 0 aliphatic carbocycles. The number of ether oxygens (including phenoxy) is 2. The van der Waals surface area contributed by atoms with Crippen molar-refractivity contribution < 1.29 is 19.4 Å². The second-order valence-electron chi connectivity index (χ2n) is 3.76. The van der Waals surface area contributed by atoms with Crippen LogP contribution in [-0.2, 0) is 14.3 Å². The van der Waals surface area contributed by atoms with Gasteiger partial charge in [0.15, 0.2) is 0 Å². The molecule has 1 fully saturated rings. The first-order valence-electron chi connectivity index (χ1n) is 5.24. The van der Waals surface area contributed by atoms with Gasteiger partial charge in [-0.2, -0.15) is 0 Å². The Morgan fingerprint density at radius 1 is 1.67 bits per heavy atom. The Balaban J connectivity index is 2.57. The van der Waals surface area contributed by atoms with Crippen LogP contribution >= 0.6 is 0 Å². The minimum Gasteiger partial charge on any atom is -0.466 e. The molecule has 0 bridgehead atoms. The van der Waals surface area contributed by atoms with E-state index in [4.69, 9.17) is 9.47 Å². The van der Waals surface area contributed by atoms with Crippen LogP contribution in [0.5, 0.6) is 0 Å². The van der Waals surface area contributed by atoms with Gasteiger partial charge in [-0.3, -0.25) is 4.79 Å². The molecule has 1 saturated heterocycles. The van der Waals surface area contributed by atoms with Gasteiger partial charge in [-0.15, -0.1) is 0 Å². The summed E-state index contributed by atoms with van der Waals surface area (Å²) in [5, 5.41) is 13.4. The van der Waals surface area contributed by atoms with Gasteiger partial charge < -0.3 is 19.9 Å². The lowest BCUT2D eigenvalue weighted by molar-refractivity contribution is -0.160. The third kappa shape index (κ3) is 3.15. The Labute approximate surface area is 89.8 Å². The molecule has 5 nitrogen and oxygen atoms in total. The number of carbonyl (C=O) groups is 1. The molecule has 2 unspecified atom stereocenters. The molecular formula is C10H19NO4. The Hall–Kier alpha value is -0.650. The highest BCUT2D eigenvalue weighted by molar-refractivity contribution is 5.70. The number of aliphatic hydroxyl groups is 1. The number of hydrogen-bond acceptors (Lipinski definition) is 5. The van der Waals surface area contributed by atoms with Crippen molar-refractivity contribution >= 4 is 5.97 Å². The monoisotopic (exact) mass is 217 g/mol. The summed E-state index contributed by atoms with van der Waals surface area (Å²) < 4.78 is 9.99. The average Bonchev–Trinajstić information content (AvgIpc) is 2.18. The van der Waals surface area contributed by atoms with E-state index in [1.54, 1.807) is 6.92 Å². The summed E-state index contributed by atoms with van der Waals surface area (Å²) in [6.45, 7) is 3.34. The highest BCUT2D eigenvalue weighted by Gasteiger charge is 2.41. The van der Waals surface area contributed by atoms with E-state index in [1.165, 1.54) is 7.11 Å². The highest BCUT2D eigenvalue weighted by Crippen LogP contribution is 2.25. The maximum Gasteiger partial charge on any atom is 0.308 e. The number of esters is 1. The van der Waals surface area contributed by atoms with E-state index in [0.717, 1.165) is 0 Å². The summed E-state index contributed by atoms with van der Waals surface area (Å²) in [7, 11) is 1.54. The number of piperidine rings is 1. The molecule has 15 heavy (non-hydrogen) atoms. The largest absolute Gasteiger partial charge is 0.466 e. The first-order valence-corrected chi connectivity index (χ1v) is 5.24. The molecule has 0 saturated carbocycles. The van der Waals surface area contributed by atoms with Crippen LogP contribution in [0.1, 0.15) is 19.8 Å². The molecule has 1 heterocycles. The zero-order valence-electron chi connectivity index (χ0n) is 9.28. The SMILES string of the molecule is CCOC(=O)CC1(O)CCNCC1OC. The number of carbonyl (C=O) groups excluding carboxylic acids is 1. The first-order chi connectivity index (χ1) is 7.12. The molecule has 0 amide bonds. The van der Waals surface area contributed by atoms with E-state index in [9.17, 15) is 9.90 Å². The molecule has 2 N–H and O–H groups in total. The molecule has 0 radical (unpaired) electrons. The summed E-state index contributed by atoms with van der Waals surface area (Å²) in [5.74, 6) is -0.371. The maximum absolute atomic E-state index is 11.3. The van der Waals surface area contributed by atoms with Crippen LogP contribution in [-0.4, -0.2) is 49.6 Å². The number of rotatable bonds is 4. The molecule has 1 rings (SSSR count). The second kappa shape index (κ2) is 5.44. The van der Waals surface area contributed by atoms with E-state index in [2.05, 4.69) is 5.32 Å². The van der Waals surface area contributed by atoms with Crippen LogP contribution in [0.15, 0.2) is 0 Å². The van der Waals surface area contributed by atoms with Crippen molar-refractivity contribution in [1.82, 2.24) is 5.32 Å². The van der Waals surface area contributed by atoms with Crippen molar-refractivity contribution in [3.8, 4) is 0 Å². The summed E-state index contributed by atoms with van der Waals surface area (Å²) in [6.07, 6.45) is 0.154. The lowest BCUT2D eigenvalue weighted by Gasteiger charge is -2.38. The Morgan fingerprint density at radius 3 is 3.00 bits per heavy atom. The fourth-order valence-electron chi connectivity index (χ4n) is 1.86. The molecule has 1 aliphatic heterocycles. The smallest absolute Gasteiger partial charge is 0.308 e. The quantitative estimate of drug-likeness (QED) is 0.632. The van der Waals surface area contributed by atoms with Crippen LogP contribution < -0.4 is 5.32 Å². The van der Waals surface area contributed by atoms with E-state index in [1.807, 2.05) is 0 Å². The lowest BCUT2D eigenvalue weighted by Crippen LogP contribution is -2.56. The molecule has 0 aromatic rings. The van der Waals surface area contributed by atoms with Crippen molar-refractivity contribution in [2.75, 3.05) is 26.8 Å².